The molecule has 1 N–H and O–H groups in total. The van der Waals surface area contributed by atoms with Gasteiger partial charge in [-0.05, 0) is 42.9 Å². The molecule has 0 aliphatic carbocycles. The third-order valence-electron chi connectivity index (χ3n) is 4.10. The van der Waals surface area contributed by atoms with Crippen LogP contribution in [0.5, 0.6) is 0 Å². The highest BCUT2D eigenvalue weighted by Crippen LogP contribution is 2.11. The number of para-hydroxylation sites is 1. The Balaban J connectivity index is 1.58. The second kappa shape index (κ2) is 8.45. The van der Waals surface area contributed by atoms with E-state index in [-0.39, 0.29) is 5.91 Å². The molecule has 1 aromatic heterocycles. The van der Waals surface area contributed by atoms with Gasteiger partial charge in [0.05, 0.1) is 18.3 Å². The second-order valence-electron chi connectivity index (χ2n) is 6.59. The SMILES string of the molecule is CN(C)Cc1ccccc1CNC(=O)Cc1cnn(-c2ccccc2)c1. The lowest BCUT2D eigenvalue weighted by Gasteiger charge is -2.14. The first-order valence-electron chi connectivity index (χ1n) is 8.69. The third kappa shape index (κ3) is 4.80. The minimum absolute atomic E-state index is 0.00253. The van der Waals surface area contributed by atoms with Crippen LogP contribution in [0, 0.1) is 0 Å². The highest BCUT2D eigenvalue weighted by molar-refractivity contribution is 5.78. The van der Waals surface area contributed by atoms with Crippen molar-refractivity contribution >= 4 is 5.91 Å². The molecule has 5 heteroatoms. The first-order valence-corrected chi connectivity index (χ1v) is 8.69. The maximum Gasteiger partial charge on any atom is 0.224 e. The van der Waals surface area contributed by atoms with Gasteiger partial charge >= 0.3 is 0 Å². The van der Waals surface area contributed by atoms with E-state index >= 15 is 0 Å². The normalized spacial score (nSPS) is 10.9. The van der Waals surface area contributed by atoms with Crippen molar-refractivity contribution in [3.05, 3.63) is 83.7 Å². The molecule has 1 heterocycles. The zero-order valence-corrected chi connectivity index (χ0v) is 15.2. The van der Waals surface area contributed by atoms with Crippen LogP contribution in [0.2, 0.25) is 0 Å². The van der Waals surface area contributed by atoms with Gasteiger partial charge in [-0.3, -0.25) is 4.79 Å². The molecule has 3 aromatic rings. The first-order chi connectivity index (χ1) is 12.6. The molecule has 3 rings (SSSR count). The van der Waals surface area contributed by atoms with E-state index in [1.165, 1.54) is 5.56 Å². The molecule has 1 amide bonds. The molecule has 26 heavy (non-hydrogen) atoms. The molecule has 0 radical (unpaired) electrons. The van der Waals surface area contributed by atoms with Crippen molar-refractivity contribution in [3.8, 4) is 5.69 Å². The van der Waals surface area contributed by atoms with Crippen molar-refractivity contribution in [2.45, 2.75) is 19.5 Å². The van der Waals surface area contributed by atoms with Crippen molar-refractivity contribution in [3.63, 3.8) is 0 Å². The van der Waals surface area contributed by atoms with Crippen LogP contribution in [0.15, 0.2) is 67.0 Å². The Hall–Kier alpha value is -2.92. The number of aromatic nitrogens is 2. The van der Waals surface area contributed by atoms with E-state index in [1.807, 2.05) is 62.8 Å². The van der Waals surface area contributed by atoms with Gasteiger partial charge in [-0.25, -0.2) is 4.68 Å². The van der Waals surface area contributed by atoms with Crippen LogP contribution in [0.1, 0.15) is 16.7 Å². The second-order valence-corrected chi connectivity index (χ2v) is 6.59. The number of amides is 1. The van der Waals surface area contributed by atoms with Crippen molar-refractivity contribution < 1.29 is 4.79 Å². The lowest BCUT2D eigenvalue weighted by atomic mass is 10.1. The zero-order valence-electron chi connectivity index (χ0n) is 15.2. The summed E-state index contributed by atoms with van der Waals surface area (Å²) in [7, 11) is 4.08. The smallest absolute Gasteiger partial charge is 0.224 e. The van der Waals surface area contributed by atoms with E-state index in [4.69, 9.17) is 0 Å². The van der Waals surface area contributed by atoms with Crippen molar-refractivity contribution in [1.29, 1.82) is 0 Å². The summed E-state index contributed by atoms with van der Waals surface area (Å²) in [6.07, 6.45) is 3.96. The number of nitrogens with zero attached hydrogens (tertiary/aromatic N) is 3. The van der Waals surface area contributed by atoms with Crippen molar-refractivity contribution in [1.82, 2.24) is 20.0 Å². The minimum atomic E-state index is -0.00253. The summed E-state index contributed by atoms with van der Waals surface area (Å²) in [5.41, 5.74) is 4.26. The molecule has 0 atom stereocenters. The van der Waals surface area contributed by atoms with Gasteiger partial charge in [-0.1, -0.05) is 42.5 Å². The van der Waals surface area contributed by atoms with E-state index < -0.39 is 0 Å². The van der Waals surface area contributed by atoms with Gasteiger partial charge in [0.2, 0.25) is 5.91 Å². The largest absolute Gasteiger partial charge is 0.352 e. The molecule has 0 fully saturated rings. The van der Waals surface area contributed by atoms with Crippen LogP contribution < -0.4 is 5.32 Å². The molecular formula is C21H24N4O. The van der Waals surface area contributed by atoms with E-state index in [9.17, 15) is 4.79 Å². The fraction of sp³-hybridized carbons (Fsp3) is 0.238. The van der Waals surface area contributed by atoms with Gasteiger partial charge in [0.15, 0.2) is 0 Å². The molecule has 2 aromatic carbocycles. The molecule has 0 saturated carbocycles. The number of rotatable bonds is 7. The Morgan fingerprint density at radius 3 is 2.46 bits per heavy atom. The van der Waals surface area contributed by atoms with E-state index in [1.54, 1.807) is 10.9 Å². The Bertz CT molecular complexity index is 855. The van der Waals surface area contributed by atoms with Gasteiger partial charge in [-0.15, -0.1) is 0 Å². The third-order valence-corrected chi connectivity index (χ3v) is 4.10. The number of carbonyl (C=O) groups excluding carboxylic acids is 1. The van der Waals surface area contributed by atoms with Gasteiger partial charge in [0, 0.05) is 19.3 Å². The predicted octanol–water partition coefficient (Wildman–Crippen LogP) is 2.79. The van der Waals surface area contributed by atoms with Gasteiger partial charge in [0.25, 0.3) is 0 Å². The highest BCUT2D eigenvalue weighted by atomic mass is 16.1. The summed E-state index contributed by atoms with van der Waals surface area (Å²) in [6.45, 7) is 1.39. The van der Waals surface area contributed by atoms with Gasteiger partial charge in [-0.2, -0.15) is 5.10 Å². The van der Waals surface area contributed by atoms with Crippen LogP contribution in [0.4, 0.5) is 0 Å². The van der Waals surface area contributed by atoms with Gasteiger partial charge < -0.3 is 10.2 Å². The fourth-order valence-corrected chi connectivity index (χ4v) is 2.84. The van der Waals surface area contributed by atoms with Crippen molar-refractivity contribution in [2.75, 3.05) is 14.1 Å². The maximum absolute atomic E-state index is 12.3. The lowest BCUT2D eigenvalue weighted by Crippen LogP contribution is -2.25. The summed E-state index contributed by atoms with van der Waals surface area (Å²) in [6, 6.07) is 18.1. The zero-order chi connectivity index (χ0) is 18.4. The minimum Gasteiger partial charge on any atom is -0.352 e. The summed E-state index contributed by atoms with van der Waals surface area (Å²) in [4.78, 5) is 14.4. The Labute approximate surface area is 154 Å². The average molecular weight is 348 g/mol. The summed E-state index contributed by atoms with van der Waals surface area (Å²) in [5, 5.41) is 7.35. The number of hydrogen-bond donors (Lipinski definition) is 1. The fourth-order valence-electron chi connectivity index (χ4n) is 2.84. The molecule has 0 spiro atoms. The molecule has 0 aliphatic heterocycles. The standard InChI is InChI=1S/C21H24N4O/c1-24(2)16-19-9-7-6-8-18(19)14-22-21(26)12-17-13-23-25(15-17)20-10-4-3-5-11-20/h3-11,13,15H,12,14,16H2,1-2H3,(H,22,26). The van der Waals surface area contributed by atoms with Crippen LogP contribution >= 0.6 is 0 Å². The van der Waals surface area contributed by atoms with E-state index in [2.05, 4.69) is 27.4 Å². The molecule has 5 nitrogen and oxygen atoms in total. The molecule has 134 valence electrons. The molecular weight excluding hydrogens is 324 g/mol. The van der Waals surface area contributed by atoms with Gasteiger partial charge in [0.1, 0.15) is 0 Å². The number of nitrogens with one attached hydrogen (secondary N) is 1. The molecule has 0 unspecified atom stereocenters. The summed E-state index contributed by atoms with van der Waals surface area (Å²) < 4.78 is 1.79. The summed E-state index contributed by atoms with van der Waals surface area (Å²) >= 11 is 0. The topological polar surface area (TPSA) is 50.2 Å². The Kier molecular flexibility index (Phi) is 5.81. The Morgan fingerprint density at radius 2 is 1.73 bits per heavy atom. The van der Waals surface area contributed by atoms with Crippen LogP contribution in [0.3, 0.4) is 0 Å². The monoisotopic (exact) mass is 348 g/mol. The van der Waals surface area contributed by atoms with Crippen molar-refractivity contribution in [2.24, 2.45) is 0 Å². The predicted molar refractivity (Wildman–Crippen MR) is 103 cm³/mol. The van der Waals surface area contributed by atoms with Crippen LogP contribution in [-0.2, 0) is 24.3 Å². The number of carbonyl (C=O) groups is 1. The highest BCUT2D eigenvalue weighted by Gasteiger charge is 2.08. The van der Waals surface area contributed by atoms with Crippen LogP contribution in [0.25, 0.3) is 5.69 Å². The molecule has 0 saturated heterocycles. The number of hydrogen-bond acceptors (Lipinski definition) is 3. The lowest BCUT2D eigenvalue weighted by molar-refractivity contribution is -0.120. The molecule has 0 bridgehead atoms. The quantitative estimate of drug-likeness (QED) is 0.714. The van der Waals surface area contributed by atoms with Crippen LogP contribution in [-0.4, -0.2) is 34.7 Å². The van der Waals surface area contributed by atoms with E-state index in [0.717, 1.165) is 23.4 Å². The molecule has 0 aliphatic rings. The average Bonchev–Trinajstić information content (AvgIpc) is 3.10. The Morgan fingerprint density at radius 1 is 1.04 bits per heavy atom. The summed E-state index contributed by atoms with van der Waals surface area (Å²) in [5.74, 6) is -0.00253. The van der Waals surface area contributed by atoms with E-state index in [0.29, 0.717) is 13.0 Å². The first kappa shape index (κ1) is 17.9. The maximum atomic E-state index is 12.3. The number of benzene rings is 2.